The molecule has 3 aromatic rings. The highest BCUT2D eigenvalue weighted by Gasteiger charge is 2.06. The van der Waals surface area contributed by atoms with Crippen LogP contribution in [0, 0.1) is 0 Å². The number of nitrogens with one attached hydrogen (secondary N) is 2. The minimum absolute atomic E-state index is 0.784. The van der Waals surface area contributed by atoms with Gasteiger partial charge in [-0.3, -0.25) is 0 Å². The average Bonchev–Trinajstić information content (AvgIpc) is 3.20. The standard InChI is InChI=1S/C22H28N4OS/c1-3-4-5-6-7-14-27-19-11-9-18(10-12-19)25-22-26-20(16-28-22)17-8-13-21(23-2)24-15-17/h8-13,15-16H,3-7,14H2,1-2H3,(H,23,24)(H,25,26). The molecule has 0 bridgehead atoms. The van der Waals surface area contributed by atoms with Gasteiger partial charge in [-0.2, -0.15) is 0 Å². The maximum absolute atomic E-state index is 5.82. The number of pyridine rings is 1. The van der Waals surface area contributed by atoms with E-state index in [1.807, 2.05) is 55.0 Å². The number of nitrogens with zero attached hydrogens (tertiary/aromatic N) is 2. The molecule has 6 heteroatoms. The Kier molecular flexibility index (Phi) is 7.67. The Morgan fingerprint density at radius 1 is 1.00 bits per heavy atom. The molecule has 0 saturated heterocycles. The number of aromatic nitrogens is 2. The fraction of sp³-hybridized carbons (Fsp3) is 0.364. The second-order valence-corrected chi connectivity index (χ2v) is 7.49. The van der Waals surface area contributed by atoms with E-state index in [2.05, 4.69) is 27.5 Å². The third kappa shape index (κ3) is 5.96. The van der Waals surface area contributed by atoms with E-state index in [9.17, 15) is 0 Å². The van der Waals surface area contributed by atoms with Gasteiger partial charge in [0.25, 0.3) is 0 Å². The van der Waals surface area contributed by atoms with E-state index in [1.165, 1.54) is 25.7 Å². The van der Waals surface area contributed by atoms with Crippen molar-refractivity contribution in [3.8, 4) is 17.0 Å². The van der Waals surface area contributed by atoms with Gasteiger partial charge in [-0.05, 0) is 42.8 Å². The highest BCUT2D eigenvalue weighted by atomic mass is 32.1. The van der Waals surface area contributed by atoms with Gasteiger partial charge < -0.3 is 15.4 Å². The first-order valence-corrected chi connectivity index (χ1v) is 10.8. The van der Waals surface area contributed by atoms with E-state index in [4.69, 9.17) is 4.74 Å². The first-order chi connectivity index (χ1) is 13.8. The molecule has 0 amide bonds. The molecule has 0 saturated carbocycles. The number of hydrogen-bond acceptors (Lipinski definition) is 6. The molecule has 5 nitrogen and oxygen atoms in total. The lowest BCUT2D eigenvalue weighted by Crippen LogP contribution is -1.97. The summed E-state index contributed by atoms with van der Waals surface area (Å²) in [6, 6.07) is 12.0. The Morgan fingerprint density at radius 2 is 1.82 bits per heavy atom. The monoisotopic (exact) mass is 396 g/mol. The molecular formula is C22H28N4OS. The van der Waals surface area contributed by atoms with E-state index in [0.29, 0.717) is 0 Å². The van der Waals surface area contributed by atoms with Crippen LogP contribution in [-0.2, 0) is 0 Å². The van der Waals surface area contributed by atoms with Crippen LogP contribution in [0.3, 0.4) is 0 Å². The van der Waals surface area contributed by atoms with Gasteiger partial charge in [0.2, 0.25) is 0 Å². The lowest BCUT2D eigenvalue weighted by Gasteiger charge is -2.07. The summed E-state index contributed by atoms with van der Waals surface area (Å²) >= 11 is 1.58. The topological polar surface area (TPSA) is 59.1 Å². The van der Waals surface area contributed by atoms with Crippen molar-refractivity contribution < 1.29 is 4.74 Å². The molecule has 0 spiro atoms. The number of unbranched alkanes of at least 4 members (excludes halogenated alkanes) is 4. The molecule has 0 radical (unpaired) electrons. The van der Waals surface area contributed by atoms with Crippen molar-refractivity contribution in [1.82, 2.24) is 9.97 Å². The van der Waals surface area contributed by atoms with E-state index >= 15 is 0 Å². The summed E-state index contributed by atoms with van der Waals surface area (Å²) in [6.45, 7) is 3.02. The summed E-state index contributed by atoms with van der Waals surface area (Å²) in [4.78, 5) is 9.00. The molecule has 0 unspecified atom stereocenters. The maximum Gasteiger partial charge on any atom is 0.187 e. The molecule has 1 aromatic carbocycles. The zero-order valence-corrected chi connectivity index (χ0v) is 17.4. The Morgan fingerprint density at radius 3 is 2.54 bits per heavy atom. The first kappa shape index (κ1) is 20.1. The molecule has 0 aliphatic carbocycles. The minimum Gasteiger partial charge on any atom is -0.494 e. The molecule has 0 fully saturated rings. The molecule has 0 atom stereocenters. The molecule has 2 N–H and O–H groups in total. The van der Waals surface area contributed by atoms with Crippen LogP contribution >= 0.6 is 11.3 Å². The molecule has 2 aromatic heterocycles. The normalized spacial score (nSPS) is 10.6. The smallest absolute Gasteiger partial charge is 0.187 e. The zero-order valence-electron chi connectivity index (χ0n) is 16.6. The van der Waals surface area contributed by atoms with Crippen molar-refractivity contribution in [3.63, 3.8) is 0 Å². The number of ether oxygens (including phenoxy) is 1. The SMILES string of the molecule is CCCCCCCOc1ccc(Nc2nc(-c3ccc(NC)nc3)cs2)cc1. The second kappa shape index (κ2) is 10.7. The summed E-state index contributed by atoms with van der Waals surface area (Å²) < 4.78 is 5.82. The largest absolute Gasteiger partial charge is 0.494 e. The number of thiazole rings is 1. The molecule has 0 aliphatic rings. The van der Waals surface area contributed by atoms with E-state index in [1.54, 1.807) is 11.3 Å². The van der Waals surface area contributed by atoms with E-state index < -0.39 is 0 Å². The highest BCUT2D eigenvalue weighted by molar-refractivity contribution is 7.14. The lowest BCUT2D eigenvalue weighted by molar-refractivity contribution is 0.304. The first-order valence-electron chi connectivity index (χ1n) is 9.88. The van der Waals surface area contributed by atoms with Gasteiger partial charge in [0.1, 0.15) is 11.6 Å². The van der Waals surface area contributed by atoms with Crippen LogP contribution in [0.4, 0.5) is 16.6 Å². The average molecular weight is 397 g/mol. The van der Waals surface area contributed by atoms with Crippen LogP contribution in [0.5, 0.6) is 5.75 Å². The van der Waals surface area contributed by atoms with Gasteiger partial charge in [0.15, 0.2) is 5.13 Å². The fourth-order valence-corrected chi connectivity index (χ4v) is 3.55. The molecule has 28 heavy (non-hydrogen) atoms. The molecule has 2 heterocycles. The summed E-state index contributed by atoms with van der Waals surface area (Å²) in [5.41, 5.74) is 2.93. The third-order valence-electron chi connectivity index (χ3n) is 4.44. The maximum atomic E-state index is 5.82. The second-order valence-electron chi connectivity index (χ2n) is 6.63. The Bertz CT molecular complexity index is 831. The third-order valence-corrected chi connectivity index (χ3v) is 5.20. The van der Waals surface area contributed by atoms with Crippen molar-refractivity contribution in [3.05, 3.63) is 48.0 Å². The van der Waals surface area contributed by atoms with Crippen molar-refractivity contribution in [1.29, 1.82) is 0 Å². The summed E-state index contributed by atoms with van der Waals surface area (Å²) in [5, 5.41) is 9.27. The van der Waals surface area contributed by atoms with Crippen molar-refractivity contribution in [2.45, 2.75) is 39.0 Å². The zero-order chi connectivity index (χ0) is 19.6. The van der Waals surface area contributed by atoms with Crippen molar-refractivity contribution >= 4 is 28.0 Å². The molecular weight excluding hydrogens is 368 g/mol. The highest BCUT2D eigenvalue weighted by Crippen LogP contribution is 2.28. The summed E-state index contributed by atoms with van der Waals surface area (Å²) in [7, 11) is 1.86. The van der Waals surface area contributed by atoms with Crippen LogP contribution in [0.15, 0.2) is 48.0 Å². The predicted octanol–water partition coefficient (Wildman–Crippen LogP) is 6.34. The van der Waals surface area contributed by atoms with Gasteiger partial charge in [0.05, 0.1) is 12.3 Å². The van der Waals surface area contributed by atoms with Crippen LogP contribution in [-0.4, -0.2) is 23.6 Å². The molecule has 148 valence electrons. The Hall–Kier alpha value is -2.60. The van der Waals surface area contributed by atoms with Gasteiger partial charge >= 0.3 is 0 Å². The Labute approximate surface area is 171 Å². The summed E-state index contributed by atoms with van der Waals surface area (Å²) in [5.74, 6) is 1.76. The summed E-state index contributed by atoms with van der Waals surface area (Å²) in [6.07, 6.45) is 8.08. The van der Waals surface area contributed by atoms with Gasteiger partial charge in [0, 0.05) is 29.9 Å². The number of benzene rings is 1. The minimum atomic E-state index is 0.784. The molecule has 3 rings (SSSR count). The van der Waals surface area contributed by atoms with Gasteiger partial charge in [-0.15, -0.1) is 11.3 Å². The predicted molar refractivity (Wildman–Crippen MR) is 119 cm³/mol. The van der Waals surface area contributed by atoms with Gasteiger partial charge in [-0.25, -0.2) is 9.97 Å². The number of rotatable bonds is 11. The fourth-order valence-electron chi connectivity index (χ4n) is 2.81. The Balaban J connectivity index is 1.49. The van der Waals surface area contributed by atoms with Crippen LogP contribution in [0.1, 0.15) is 39.0 Å². The number of hydrogen-bond donors (Lipinski definition) is 2. The quantitative estimate of drug-likeness (QED) is 0.370. The molecule has 0 aliphatic heterocycles. The van der Waals surface area contributed by atoms with E-state index in [-0.39, 0.29) is 0 Å². The van der Waals surface area contributed by atoms with Crippen LogP contribution in [0.25, 0.3) is 11.3 Å². The van der Waals surface area contributed by atoms with Crippen LogP contribution < -0.4 is 15.4 Å². The van der Waals surface area contributed by atoms with Gasteiger partial charge in [-0.1, -0.05) is 32.6 Å². The van der Waals surface area contributed by atoms with Crippen molar-refractivity contribution in [2.75, 3.05) is 24.3 Å². The number of anilines is 3. The van der Waals surface area contributed by atoms with Crippen LogP contribution in [0.2, 0.25) is 0 Å². The lowest BCUT2D eigenvalue weighted by atomic mass is 10.2. The van der Waals surface area contributed by atoms with Crippen molar-refractivity contribution in [2.24, 2.45) is 0 Å². The van der Waals surface area contributed by atoms with E-state index in [0.717, 1.165) is 46.7 Å².